The maximum Gasteiger partial charge on any atom is 0.305 e. The van der Waals surface area contributed by atoms with Crippen molar-refractivity contribution >= 4 is 23.6 Å². The van der Waals surface area contributed by atoms with E-state index in [4.69, 9.17) is 4.74 Å². The number of benzene rings is 1. The van der Waals surface area contributed by atoms with Crippen LogP contribution < -0.4 is 15.4 Å². The highest BCUT2D eigenvalue weighted by atomic mass is 19.2. The van der Waals surface area contributed by atoms with Crippen molar-refractivity contribution in [1.82, 2.24) is 10.6 Å². The van der Waals surface area contributed by atoms with E-state index in [0.29, 0.717) is 24.8 Å². The molecule has 1 saturated carbocycles. The molecule has 1 aromatic rings. The molecule has 8 nitrogen and oxygen atoms in total. The number of carbonyl (C=O) groups excluding carboxylic acids is 3. The highest BCUT2D eigenvalue weighted by Crippen LogP contribution is 2.31. The van der Waals surface area contributed by atoms with Crippen molar-refractivity contribution in [2.24, 2.45) is 11.8 Å². The van der Waals surface area contributed by atoms with E-state index in [9.17, 15) is 37.5 Å². The van der Waals surface area contributed by atoms with E-state index < -0.39 is 66.0 Å². The largest absolute Gasteiger partial charge is 0.482 e. The normalized spacial score (nSPS) is 23.4. The first-order valence-corrected chi connectivity index (χ1v) is 14.8. The molecule has 11 heteroatoms. The number of ketones is 1. The zero-order valence-corrected chi connectivity index (χ0v) is 24.9. The molecule has 2 aliphatic rings. The maximum absolute atomic E-state index is 14.1. The van der Waals surface area contributed by atoms with Crippen molar-refractivity contribution in [1.29, 1.82) is 0 Å². The molecule has 2 aliphatic carbocycles. The highest BCUT2D eigenvalue weighted by Gasteiger charge is 2.29. The Morgan fingerprint density at radius 2 is 1.59 bits per heavy atom. The molecular formula is C33H39F3N2O6. The van der Waals surface area contributed by atoms with Crippen LogP contribution in [0.5, 0.6) is 5.75 Å². The van der Waals surface area contributed by atoms with E-state index in [1.807, 2.05) is 30.4 Å². The number of carbonyl (C=O) groups is 4. The average molecular weight is 617 g/mol. The van der Waals surface area contributed by atoms with Crippen LogP contribution in [0.1, 0.15) is 63.9 Å². The summed E-state index contributed by atoms with van der Waals surface area (Å²) < 4.78 is 46.5. The predicted octanol–water partition coefficient (Wildman–Crippen LogP) is 5.41. The van der Waals surface area contributed by atoms with Crippen LogP contribution in [-0.4, -0.2) is 47.4 Å². The van der Waals surface area contributed by atoms with Crippen LogP contribution >= 0.6 is 0 Å². The Hall–Kier alpha value is -4.15. The lowest BCUT2D eigenvalue weighted by Gasteiger charge is -2.22. The van der Waals surface area contributed by atoms with Crippen molar-refractivity contribution in [2.45, 2.75) is 77.3 Å². The number of hydrogen-bond donors (Lipinski definition) is 3. The first-order valence-electron chi connectivity index (χ1n) is 14.8. The van der Waals surface area contributed by atoms with E-state index in [-0.39, 0.29) is 17.4 Å². The van der Waals surface area contributed by atoms with Gasteiger partial charge < -0.3 is 20.5 Å². The first kappa shape index (κ1) is 34.3. The van der Waals surface area contributed by atoms with Gasteiger partial charge in [0.25, 0.3) is 0 Å². The molecule has 3 unspecified atom stereocenters. The number of aliphatic carboxylic acids is 1. The minimum Gasteiger partial charge on any atom is -0.482 e. The molecule has 0 radical (unpaired) electrons. The quantitative estimate of drug-likeness (QED) is 0.286. The Kier molecular flexibility index (Phi) is 13.0. The van der Waals surface area contributed by atoms with Crippen molar-refractivity contribution in [3.63, 3.8) is 0 Å². The third-order valence-electron chi connectivity index (χ3n) is 7.88. The summed E-state index contributed by atoms with van der Waals surface area (Å²) in [5.74, 6) is -8.33. The first-order chi connectivity index (χ1) is 21.0. The number of ether oxygens (including phenoxy) is 1. The average Bonchev–Trinajstić information content (AvgIpc) is 3.07. The summed E-state index contributed by atoms with van der Waals surface area (Å²) >= 11 is 0. The summed E-state index contributed by atoms with van der Waals surface area (Å²) in [5.41, 5.74) is 0.883. The molecule has 3 N–H and O–H groups in total. The lowest BCUT2D eigenvalue weighted by molar-refractivity contribution is -0.141. The summed E-state index contributed by atoms with van der Waals surface area (Å²) in [6.45, 7) is 1.58. The van der Waals surface area contributed by atoms with Gasteiger partial charge in [0.05, 0.1) is 6.42 Å². The molecule has 0 aliphatic heterocycles. The maximum atomic E-state index is 14.1. The Morgan fingerprint density at radius 1 is 0.932 bits per heavy atom. The Bertz CT molecular complexity index is 1330. The van der Waals surface area contributed by atoms with Crippen LogP contribution in [0.15, 0.2) is 54.2 Å². The molecule has 1 aromatic carbocycles. The number of halogens is 3. The van der Waals surface area contributed by atoms with Gasteiger partial charge in [0.1, 0.15) is 24.5 Å². The van der Waals surface area contributed by atoms with Gasteiger partial charge in [-0.1, -0.05) is 61.8 Å². The second-order valence-corrected chi connectivity index (χ2v) is 11.2. The second kappa shape index (κ2) is 16.6. The molecule has 1 fully saturated rings. The van der Waals surface area contributed by atoms with Gasteiger partial charge in [0, 0.05) is 17.5 Å². The summed E-state index contributed by atoms with van der Waals surface area (Å²) in [4.78, 5) is 50.1. The van der Waals surface area contributed by atoms with Gasteiger partial charge in [-0.3, -0.25) is 19.2 Å². The number of hydrogen-bond acceptors (Lipinski definition) is 5. The fraction of sp³-hybridized carbons (Fsp3) is 0.455. The number of carboxylic acid groups (broad SMARTS) is 1. The predicted molar refractivity (Wildman–Crippen MR) is 158 cm³/mol. The zero-order valence-electron chi connectivity index (χ0n) is 24.9. The number of Topliss-reactive ketones (excluding diaryl/α,β-unsaturated/α-hetero) is 1. The molecule has 238 valence electrons. The molecule has 0 bridgehead atoms. The smallest absolute Gasteiger partial charge is 0.305 e. The lowest BCUT2D eigenvalue weighted by atomic mass is 9.88. The van der Waals surface area contributed by atoms with Crippen LogP contribution in [0.3, 0.4) is 0 Å². The van der Waals surface area contributed by atoms with Gasteiger partial charge in [-0.2, -0.15) is 4.39 Å². The van der Waals surface area contributed by atoms with Gasteiger partial charge in [-0.25, -0.2) is 8.78 Å². The molecule has 0 saturated heterocycles. The minimum absolute atomic E-state index is 0.298. The summed E-state index contributed by atoms with van der Waals surface area (Å²) in [6.07, 6.45) is 19.3. The van der Waals surface area contributed by atoms with Crippen LogP contribution in [0.2, 0.25) is 0 Å². The summed E-state index contributed by atoms with van der Waals surface area (Å²) in [5, 5.41) is 14.2. The molecule has 0 aromatic heterocycles. The molecule has 0 heterocycles. The lowest BCUT2D eigenvalue weighted by Crippen LogP contribution is -2.52. The van der Waals surface area contributed by atoms with Crippen molar-refractivity contribution < 1.29 is 42.2 Å². The SMILES string of the molecule is Cc1c(F)cc(F)c(F)c1OCC(=O)C(CC(=O)O)NC(=O)[C@H](C)NC(=O)C1CCCCC(C2=C/C=C\C=C/C=C\2)CCC1. The summed E-state index contributed by atoms with van der Waals surface area (Å²) in [6, 6.07) is -2.35. The number of amides is 2. The topological polar surface area (TPSA) is 122 Å². The van der Waals surface area contributed by atoms with Gasteiger partial charge in [-0.05, 0) is 51.0 Å². The third-order valence-corrected chi connectivity index (χ3v) is 7.88. The molecule has 2 amide bonds. The number of allylic oxidation sites excluding steroid dienone is 8. The summed E-state index contributed by atoms with van der Waals surface area (Å²) in [7, 11) is 0. The number of nitrogens with one attached hydrogen (secondary N) is 2. The van der Waals surface area contributed by atoms with E-state index in [0.717, 1.165) is 39.0 Å². The van der Waals surface area contributed by atoms with Crippen LogP contribution in [0.25, 0.3) is 0 Å². The second-order valence-electron chi connectivity index (χ2n) is 11.2. The fourth-order valence-corrected chi connectivity index (χ4v) is 5.32. The van der Waals surface area contributed by atoms with Crippen LogP contribution in [0, 0.1) is 36.2 Å². The molecule has 0 spiro atoms. The number of carboxylic acids is 1. The Balaban J connectivity index is 1.56. The monoisotopic (exact) mass is 616 g/mol. The minimum atomic E-state index is -1.59. The molecule has 3 rings (SSSR count). The zero-order chi connectivity index (χ0) is 32.2. The Morgan fingerprint density at radius 3 is 2.34 bits per heavy atom. The van der Waals surface area contributed by atoms with Crippen LogP contribution in [-0.2, 0) is 19.2 Å². The molecule has 4 atom stereocenters. The van der Waals surface area contributed by atoms with Gasteiger partial charge in [-0.15, -0.1) is 0 Å². The van der Waals surface area contributed by atoms with Gasteiger partial charge in [0.2, 0.25) is 17.6 Å². The van der Waals surface area contributed by atoms with E-state index in [2.05, 4.69) is 22.8 Å². The molecular weight excluding hydrogens is 577 g/mol. The van der Waals surface area contributed by atoms with Crippen molar-refractivity contribution in [2.75, 3.05) is 6.61 Å². The Labute approximate surface area is 255 Å². The highest BCUT2D eigenvalue weighted by molar-refractivity contribution is 5.95. The van der Waals surface area contributed by atoms with Gasteiger partial charge in [0.15, 0.2) is 17.3 Å². The van der Waals surface area contributed by atoms with E-state index in [1.165, 1.54) is 12.5 Å². The third kappa shape index (κ3) is 9.96. The van der Waals surface area contributed by atoms with Gasteiger partial charge >= 0.3 is 5.97 Å². The van der Waals surface area contributed by atoms with E-state index in [1.54, 1.807) is 0 Å². The van der Waals surface area contributed by atoms with Crippen LogP contribution in [0.4, 0.5) is 13.2 Å². The van der Waals surface area contributed by atoms with Crippen molar-refractivity contribution in [3.8, 4) is 5.75 Å². The number of rotatable bonds is 11. The van der Waals surface area contributed by atoms with E-state index >= 15 is 0 Å². The fourth-order valence-electron chi connectivity index (χ4n) is 5.32. The van der Waals surface area contributed by atoms with Crippen molar-refractivity contribution in [3.05, 3.63) is 77.2 Å². The molecule has 44 heavy (non-hydrogen) atoms. The standard InChI is InChI=1S/C33H39F3N2O6/c1-20-25(34)17-26(35)30(36)31(20)44-19-28(39)27(18-29(40)41)38-32(42)21(2)37-33(43)24-14-9-8-13-23(15-10-16-24)22-11-6-4-3-5-7-12-22/h3-7,11-12,17,21,23-24,27H,8-10,13-16,18-19H2,1-2H3,(H,37,43)(H,38,42)(H,40,41)/b4-3-,5-3?,6-4?,7-5-,11-6-,12-7?,22-11?,22-12+/t21-,23?,24?,27?/m0/s1.